The van der Waals surface area contributed by atoms with Crippen molar-refractivity contribution in [1.29, 1.82) is 0 Å². The van der Waals surface area contributed by atoms with Gasteiger partial charge in [0.2, 0.25) is 0 Å². The largest absolute Gasteiger partial charge is 0.384 e. The lowest BCUT2D eigenvalue weighted by molar-refractivity contribution is 0.220. The molecule has 0 radical (unpaired) electrons. The first-order valence-corrected chi connectivity index (χ1v) is 4.51. The zero-order chi connectivity index (χ0) is 9.80. The number of benzene rings is 1. The molecule has 2 heteroatoms. The second-order valence-electron chi connectivity index (χ2n) is 3.10. The maximum absolute atomic E-state index is 9.95. The Balaban J connectivity index is 2.30. The van der Waals surface area contributed by atoms with Gasteiger partial charge in [0.25, 0.3) is 0 Å². The third-order valence-corrected chi connectivity index (χ3v) is 2.12. The van der Waals surface area contributed by atoms with Crippen molar-refractivity contribution in [2.45, 2.75) is 6.10 Å². The van der Waals surface area contributed by atoms with E-state index in [0.29, 0.717) is 0 Å². The minimum Gasteiger partial charge on any atom is -0.384 e. The summed E-state index contributed by atoms with van der Waals surface area (Å²) in [6.45, 7) is 0. The van der Waals surface area contributed by atoms with Gasteiger partial charge in [-0.1, -0.05) is 36.4 Å². The standard InChI is InChI=1S/C12H11NO/c14-12(10-5-2-1-3-6-10)11-7-4-8-13-9-11/h1-9,12,14H/t12-/m1/s1. The van der Waals surface area contributed by atoms with E-state index in [4.69, 9.17) is 0 Å². The van der Waals surface area contributed by atoms with Crippen LogP contribution in [0.5, 0.6) is 0 Å². The predicted molar refractivity (Wildman–Crippen MR) is 54.7 cm³/mol. The van der Waals surface area contributed by atoms with E-state index in [0.717, 1.165) is 11.1 Å². The van der Waals surface area contributed by atoms with E-state index in [2.05, 4.69) is 4.98 Å². The van der Waals surface area contributed by atoms with Gasteiger partial charge < -0.3 is 5.11 Å². The van der Waals surface area contributed by atoms with Crippen molar-refractivity contribution < 1.29 is 5.11 Å². The minimum atomic E-state index is -0.579. The summed E-state index contributed by atoms with van der Waals surface area (Å²) in [6, 6.07) is 13.2. The molecule has 0 aliphatic rings. The number of aromatic nitrogens is 1. The summed E-state index contributed by atoms with van der Waals surface area (Å²) in [6.07, 6.45) is 2.80. The van der Waals surface area contributed by atoms with Crippen LogP contribution in [0.2, 0.25) is 0 Å². The highest BCUT2D eigenvalue weighted by Gasteiger charge is 2.08. The van der Waals surface area contributed by atoms with Gasteiger partial charge in [-0.05, 0) is 11.6 Å². The van der Waals surface area contributed by atoms with E-state index in [-0.39, 0.29) is 0 Å². The molecule has 1 aromatic carbocycles. The van der Waals surface area contributed by atoms with Crippen molar-refractivity contribution in [1.82, 2.24) is 4.98 Å². The highest BCUT2D eigenvalue weighted by atomic mass is 16.3. The van der Waals surface area contributed by atoms with E-state index in [1.165, 1.54) is 0 Å². The van der Waals surface area contributed by atoms with Crippen LogP contribution in [0.1, 0.15) is 17.2 Å². The fourth-order valence-electron chi connectivity index (χ4n) is 1.37. The lowest BCUT2D eigenvalue weighted by atomic mass is 10.0. The van der Waals surface area contributed by atoms with E-state index in [1.54, 1.807) is 12.4 Å². The first kappa shape index (κ1) is 8.91. The highest BCUT2D eigenvalue weighted by molar-refractivity contribution is 5.27. The summed E-state index contributed by atoms with van der Waals surface area (Å²) in [7, 11) is 0. The van der Waals surface area contributed by atoms with Gasteiger partial charge in [-0.2, -0.15) is 0 Å². The first-order valence-electron chi connectivity index (χ1n) is 4.51. The number of hydrogen-bond acceptors (Lipinski definition) is 2. The highest BCUT2D eigenvalue weighted by Crippen LogP contribution is 2.19. The topological polar surface area (TPSA) is 33.1 Å². The number of rotatable bonds is 2. The minimum absolute atomic E-state index is 0.579. The van der Waals surface area contributed by atoms with Crippen molar-refractivity contribution in [3.8, 4) is 0 Å². The molecule has 70 valence electrons. The molecule has 0 amide bonds. The van der Waals surface area contributed by atoms with Crippen molar-refractivity contribution in [3.63, 3.8) is 0 Å². The molecule has 0 bridgehead atoms. The molecule has 2 aromatic rings. The molecule has 0 saturated heterocycles. The van der Waals surface area contributed by atoms with Crippen LogP contribution in [0, 0.1) is 0 Å². The fourth-order valence-corrected chi connectivity index (χ4v) is 1.37. The molecule has 2 rings (SSSR count). The summed E-state index contributed by atoms with van der Waals surface area (Å²) in [5.41, 5.74) is 1.71. The maximum Gasteiger partial charge on any atom is 0.106 e. The smallest absolute Gasteiger partial charge is 0.106 e. The predicted octanol–water partition coefficient (Wildman–Crippen LogP) is 2.16. The number of aliphatic hydroxyl groups is 1. The lowest BCUT2D eigenvalue weighted by Gasteiger charge is -2.09. The van der Waals surface area contributed by atoms with E-state index < -0.39 is 6.10 Å². The lowest BCUT2D eigenvalue weighted by Crippen LogP contribution is -1.99. The molecule has 0 unspecified atom stereocenters. The van der Waals surface area contributed by atoms with Crippen LogP contribution in [0.25, 0.3) is 0 Å². The van der Waals surface area contributed by atoms with Crippen LogP contribution in [0.4, 0.5) is 0 Å². The molecule has 0 saturated carbocycles. The van der Waals surface area contributed by atoms with Crippen LogP contribution < -0.4 is 0 Å². The maximum atomic E-state index is 9.95. The number of aliphatic hydroxyl groups excluding tert-OH is 1. The molecule has 0 fully saturated rings. The first-order chi connectivity index (χ1) is 6.88. The van der Waals surface area contributed by atoms with Crippen molar-refractivity contribution in [2.24, 2.45) is 0 Å². The summed E-state index contributed by atoms with van der Waals surface area (Å²) in [4.78, 5) is 3.97. The average molecular weight is 185 g/mol. The molecule has 0 spiro atoms. The van der Waals surface area contributed by atoms with Gasteiger partial charge in [0.15, 0.2) is 0 Å². The van der Waals surface area contributed by atoms with Gasteiger partial charge in [0.05, 0.1) is 0 Å². The molecule has 0 aliphatic heterocycles. The molecule has 1 aromatic heterocycles. The summed E-state index contributed by atoms with van der Waals surface area (Å²) < 4.78 is 0. The summed E-state index contributed by atoms with van der Waals surface area (Å²) >= 11 is 0. The van der Waals surface area contributed by atoms with Gasteiger partial charge >= 0.3 is 0 Å². The Morgan fingerprint density at radius 1 is 0.929 bits per heavy atom. The third-order valence-electron chi connectivity index (χ3n) is 2.12. The van der Waals surface area contributed by atoms with Gasteiger partial charge in [-0.3, -0.25) is 4.98 Å². The van der Waals surface area contributed by atoms with Gasteiger partial charge in [-0.15, -0.1) is 0 Å². The van der Waals surface area contributed by atoms with Crippen LogP contribution in [-0.4, -0.2) is 10.1 Å². The van der Waals surface area contributed by atoms with E-state index >= 15 is 0 Å². The van der Waals surface area contributed by atoms with Crippen LogP contribution >= 0.6 is 0 Å². The second kappa shape index (κ2) is 4.03. The van der Waals surface area contributed by atoms with E-state index in [1.807, 2.05) is 42.5 Å². The zero-order valence-corrected chi connectivity index (χ0v) is 7.67. The van der Waals surface area contributed by atoms with Crippen LogP contribution in [-0.2, 0) is 0 Å². The molecule has 1 atom stereocenters. The normalized spacial score (nSPS) is 12.4. The summed E-state index contributed by atoms with van der Waals surface area (Å²) in [5.74, 6) is 0. The molecular formula is C12H11NO. The Kier molecular flexibility index (Phi) is 2.56. The van der Waals surface area contributed by atoms with E-state index in [9.17, 15) is 5.11 Å². The van der Waals surface area contributed by atoms with Gasteiger partial charge in [0.1, 0.15) is 6.10 Å². The Labute approximate surface area is 82.9 Å². The quantitative estimate of drug-likeness (QED) is 0.777. The number of hydrogen-bond donors (Lipinski definition) is 1. The van der Waals surface area contributed by atoms with Gasteiger partial charge in [-0.25, -0.2) is 0 Å². The van der Waals surface area contributed by atoms with Gasteiger partial charge in [0, 0.05) is 18.0 Å². The van der Waals surface area contributed by atoms with Crippen molar-refractivity contribution >= 4 is 0 Å². The Bertz CT molecular complexity index is 346. The van der Waals surface area contributed by atoms with Crippen molar-refractivity contribution in [3.05, 3.63) is 66.0 Å². The Hall–Kier alpha value is -1.67. The second-order valence-corrected chi connectivity index (χ2v) is 3.10. The molecule has 1 N–H and O–H groups in total. The zero-order valence-electron chi connectivity index (χ0n) is 7.67. The molecular weight excluding hydrogens is 174 g/mol. The number of nitrogens with zero attached hydrogens (tertiary/aromatic N) is 1. The van der Waals surface area contributed by atoms with Crippen LogP contribution in [0.15, 0.2) is 54.9 Å². The Morgan fingerprint density at radius 3 is 2.29 bits per heavy atom. The monoisotopic (exact) mass is 185 g/mol. The fraction of sp³-hybridized carbons (Fsp3) is 0.0833. The summed E-state index contributed by atoms with van der Waals surface area (Å²) in [5, 5.41) is 9.95. The SMILES string of the molecule is O[C@H](c1ccccc1)c1cccnc1. The molecule has 0 aliphatic carbocycles. The molecule has 1 heterocycles. The van der Waals surface area contributed by atoms with Crippen molar-refractivity contribution in [2.75, 3.05) is 0 Å². The molecule has 14 heavy (non-hydrogen) atoms. The van der Waals surface area contributed by atoms with Crippen LogP contribution in [0.3, 0.4) is 0 Å². The molecule has 2 nitrogen and oxygen atoms in total. The number of pyridine rings is 1. The average Bonchev–Trinajstić information content (AvgIpc) is 2.30. The third kappa shape index (κ3) is 1.80. The Morgan fingerprint density at radius 2 is 1.64 bits per heavy atom.